The molecule has 0 atom stereocenters. The molecule has 1 amide bonds. The van der Waals surface area contributed by atoms with Crippen LogP contribution in [-0.4, -0.2) is 12.7 Å². The first-order valence-electron chi connectivity index (χ1n) is 6.31. The Bertz CT molecular complexity index is 731. The van der Waals surface area contributed by atoms with Crippen LogP contribution >= 0.6 is 0 Å². The van der Waals surface area contributed by atoms with E-state index >= 15 is 0 Å². The van der Waals surface area contributed by atoms with Crippen LogP contribution in [0, 0.1) is 12.7 Å². The second-order valence-electron chi connectivity index (χ2n) is 4.73. The fraction of sp³-hybridized carbons (Fsp3) is 0.133. The topological polar surface area (TPSA) is 73.6 Å². The molecule has 0 saturated carbocycles. The summed E-state index contributed by atoms with van der Waals surface area (Å²) < 4.78 is 24.2. The van der Waals surface area contributed by atoms with Crippen LogP contribution < -0.4 is 20.5 Å². The largest absolute Gasteiger partial charge is 0.454 e. The Hall–Kier alpha value is -2.76. The molecule has 1 aliphatic heterocycles. The van der Waals surface area contributed by atoms with Crippen molar-refractivity contribution in [2.75, 3.05) is 17.8 Å². The molecule has 1 heterocycles. The molecule has 108 valence electrons. The van der Waals surface area contributed by atoms with Gasteiger partial charge in [-0.25, -0.2) is 4.39 Å². The Morgan fingerprint density at radius 2 is 1.95 bits per heavy atom. The summed E-state index contributed by atoms with van der Waals surface area (Å²) >= 11 is 0. The van der Waals surface area contributed by atoms with Crippen molar-refractivity contribution in [3.05, 3.63) is 47.3 Å². The quantitative estimate of drug-likeness (QED) is 0.833. The molecular weight excluding hydrogens is 275 g/mol. The normalized spacial score (nSPS) is 12.3. The minimum absolute atomic E-state index is 0.0438. The average Bonchev–Trinajstić information content (AvgIpc) is 2.86. The van der Waals surface area contributed by atoms with Crippen LogP contribution in [0.3, 0.4) is 0 Å². The highest BCUT2D eigenvalue weighted by molar-refractivity contribution is 6.06. The van der Waals surface area contributed by atoms with Gasteiger partial charge in [-0.3, -0.25) is 4.79 Å². The van der Waals surface area contributed by atoms with Gasteiger partial charge >= 0.3 is 0 Å². The Morgan fingerprint density at radius 3 is 2.67 bits per heavy atom. The third kappa shape index (κ3) is 2.47. The van der Waals surface area contributed by atoms with E-state index in [0.717, 1.165) is 5.56 Å². The third-order valence-corrected chi connectivity index (χ3v) is 3.16. The minimum atomic E-state index is -0.577. The monoisotopic (exact) mass is 288 g/mol. The van der Waals surface area contributed by atoms with Crippen molar-refractivity contribution in [1.82, 2.24) is 0 Å². The van der Waals surface area contributed by atoms with E-state index in [2.05, 4.69) is 5.32 Å². The molecule has 5 nitrogen and oxygen atoms in total. The molecular formula is C15H13FN2O3. The Labute approximate surface area is 120 Å². The maximum Gasteiger partial charge on any atom is 0.258 e. The first-order chi connectivity index (χ1) is 10.0. The third-order valence-electron chi connectivity index (χ3n) is 3.16. The van der Waals surface area contributed by atoms with E-state index in [-0.39, 0.29) is 12.4 Å². The van der Waals surface area contributed by atoms with E-state index in [1.165, 1.54) is 12.1 Å². The number of benzene rings is 2. The van der Waals surface area contributed by atoms with Crippen LogP contribution in [0.1, 0.15) is 15.9 Å². The highest BCUT2D eigenvalue weighted by atomic mass is 19.1. The Morgan fingerprint density at radius 1 is 1.24 bits per heavy atom. The second-order valence-corrected chi connectivity index (χ2v) is 4.73. The number of hydrogen-bond donors (Lipinski definition) is 2. The van der Waals surface area contributed by atoms with E-state index in [4.69, 9.17) is 15.2 Å². The van der Waals surface area contributed by atoms with Gasteiger partial charge in [-0.15, -0.1) is 0 Å². The predicted octanol–water partition coefficient (Wildman–Crippen LogP) is 2.70. The molecule has 0 saturated heterocycles. The number of fused-ring (bicyclic) bond motifs is 1. The summed E-state index contributed by atoms with van der Waals surface area (Å²) in [5, 5.41) is 2.58. The number of aryl methyl sites for hydroxylation is 1. The number of nitrogens with two attached hydrogens (primary N) is 1. The number of amides is 1. The van der Waals surface area contributed by atoms with Crippen molar-refractivity contribution in [1.29, 1.82) is 0 Å². The van der Waals surface area contributed by atoms with Gasteiger partial charge in [0, 0.05) is 12.1 Å². The molecule has 3 N–H and O–H groups in total. The number of hydrogen-bond acceptors (Lipinski definition) is 4. The molecule has 3 rings (SSSR count). The fourth-order valence-corrected chi connectivity index (χ4v) is 2.06. The van der Waals surface area contributed by atoms with Crippen LogP contribution in [0.25, 0.3) is 0 Å². The molecule has 0 radical (unpaired) electrons. The molecule has 0 spiro atoms. The van der Waals surface area contributed by atoms with Crippen LogP contribution in [0.15, 0.2) is 30.3 Å². The smallest absolute Gasteiger partial charge is 0.258 e. The van der Waals surface area contributed by atoms with Gasteiger partial charge in [0.1, 0.15) is 5.82 Å². The predicted molar refractivity (Wildman–Crippen MR) is 76.1 cm³/mol. The number of halogens is 1. The average molecular weight is 288 g/mol. The number of nitrogen functional groups attached to an aromatic ring is 1. The zero-order chi connectivity index (χ0) is 15.0. The Kier molecular flexibility index (Phi) is 3.13. The number of anilines is 2. The lowest BCUT2D eigenvalue weighted by Gasteiger charge is -2.10. The van der Waals surface area contributed by atoms with Crippen molar-refractivity contribution in [3.8, 4) is 11.5 Å². The molecule has 0 aromatic heterocycles. The van der Waals surface area contributed by atoms with E-state index in [1.807, 2.05) is 0 Å². The molecule has 6 heteroatoms. The van der Waals surface area contributed by atoms with Gasteiger partial charge in [-0.2, -0.15) is 0 Å². The highest BCUT2D eigenvalue weighted by Crippen LogP contribution is 2.38. The van der Waals surface area contributed by atoms with E-state index in [9.17, 15) is 9.18 Å². The van der Waals surface area contributed by atoms with Crippen molar-refractivity contribution >= 4 is 17.3 Å². The lowest BCUT2D eigenvalue weighted by Crippen LogP contribution is -2.15. The van der Waals surface area contributed by atoms with Crippen LogP contribution in [0.2, 0.25) is 0 Å². The molecule has 0 fully saturated rings. The first kappa shape index (κ1) is 13.2. The van der Waals surface area contributed by atoms with Gasteiger partial charge in [0.25, 0.3) is 5.91 Å². The SMILES string of the molecule is Cc1ccc(C(=O)Nc2cc3c(cc2N)OCO3)c(F)c1. The molecule has 21 heavy (non-hydrogen) atoms. The molecule has 2 aromatic carbocycles. The summed E-state index contributed by atoms with van der Waals surface area (Å²) in [4.78, 5) is 12.1. The summed E-state index contributed by atoms with van der Waals surface area (Å²) in [5.74, 6) is -0.138. The van der Waals surface area contributed by atoms with Gasteiger partial charge in [0.15, 0.2) is 11.5 Å². The lowest BCUT2D eigenvalue weighted by molar-refractivity contribution is 0.102. The number of carbonyl (C=O) groups excluding carboxylic acids is 1. The van der Waals surface area contributed by atoms with Gasteiger partial charge in [0.05, 0.1) is 16.9 Å². The van der Waals surface area contributed by atoms with E-state index in [1.54, 1.807) is 25.1 Å². The molecule has 1 aliphatic rings. The molecule has 0 aliphatic carbocycles. The standard InChI is InChI=1S/C15H13FN2O3/c1-8-2-3-9(10(16)4-8)15(19)18-12-6-14-13(5-11(12)17)20-7-21-14/h2-6H,7,17H2,1H3,(H,18,19). The zero-order valence-corrected chi connectivity index (χ0v) is 11.3. The Balaban J connectivity index is 1.88. The van der Waals surface area contributed by atoms with Crippen molar-refractivity contribution in [2.24, 2.45) is 0 Å². The zero-order valence-electron chi connectivity index (χ0n) is 11.3. The van der Waals surface area contributed by atoms with Crippen LogP contribution in [0.5, 0.6) is 11.5 Å². The van der Waals surface area contributed by atoms with Gasteiger partial charge < -0.3 is 20.5 Å². The van der Waals surface area contributed by atoms with Gasteiger partial charge in [-0.1, -0.05) is 6.07 Å². The molecule has 2 aromatic rings. The van der Waals surface area contributed by atoms with Gasteiger partial charge in [-0.05, 0) is 24.6 Å². The summed E-state index contributed by atoms with van der Waals surface area (Å²) in [6.45, 7) is 1.86. The summed E-state index contributed by atoms with van der Waals surface area (Å²) in [7, 11) is 0. The van der Waals surface area contributed by atoms with E-state index in [0.29, 0.717) is 22.9 Å². The number of carbonyl (C=O) groups is 1. The van der Waals surface area contributed by atoms with Crippen LogP contribution in [0.4, 0.5) is 15.8 Å². The van der Waals surface area contributed by atoms with Gasteiger partial charge in [0.2, 0.25) is 6.79 Å². The summed E-state index contributed by atoms with van der Waals surface area (Å²) in [6, 6.07) is 7.52. The first-order valence-corrected chi connectivity index (χ1v) is 6.31. The van der Waals surface area contributed by atoms with E-state index < -0.39 is 11.7 Å². The maximum absolute atomic E-state index is 13.8. The minimum Gasteiger partial charge on any atom is -0.454 e. The number of nitrogens with one attached hydrogen (secondary N) is 1. The highest BCUT2D eigenvalue weighted by Gasteiger charge is 2.18. The molecule has 0 bridgehead atoms. The number of ether oxygens (including phenoxy) is 2. The number of rotatable bonds is 2. The summed E-state index contributed by atoms with van der Waals surface area (Å²) in [5.41, 5.74) is 7.21. The second kappa shape index (κ2) is 4.97. The summed E-state index contributed by atoms with van der Waals surface area (Å²) in [6.07, 6.45) is 0. The maximum atomic E-state index is 13.8. The van der Waals surface area contributed by atoms with Crippen molar-refractivity contribution < 1.29 is 18.7 Å². The molecule has 0 unspecified atom stereocenters. The lowest BCUT2D eigenvalue weighted by atomic mass is 10.1. The fourth-order valence-electron chi connectivity index (χ4n) is 2.06. The van der Waals surface area contributed by atoms with Crippen molar-refractivity contribution in [3.63, 3.8) is 0 Å². The van der Waals surface area contributed by atoms with Crippen LogP contribution in [-0.2, 0) is 0 Å². The van der Waals surface area contributed by atoms with Crippen molar-refractivity contribution in [2.45, 2.75) is 6.92 Å².